The van der Waals surface area contributed by atoms with Crippen LogP contribution in [0.3, 0.4) is 0 Å². The zero-order valence-electron chi connectivity index (χ0n) is 18.5. The van der Waals surface area contributed by atoms with Gasteiger partial charge in [0.05, 0.1) is 20.5 Å². The fraction of sp³-hybridized carbons (Fsp3) is 0.192. The molecule has 7 heteroatoms. The summed E-state index contributed by atoms with van der Waals surface area (Å²) in [4.78, 5) is 12.1. The Morgan fingerprint density at radius 1 is 0.818 bits per heavy atom. The summed E-state index contributed by atoms with van der Waals surface area (Å²) in [7, 11) is 2.74. The van der Waals surface area contributed by atoms with E-state index in [1.165, 1.54) is 32.6 Å². The van der Waals surface area contributed by atoms with Crippen molar-refractivity contribution in [2.75, 3.05) is 27.4 Å². The van der Waals surface area contributed by atoms with Crippen LogP contribution in [0, 0.1) is 5.82 Å². The zero-order valence-corrected chi connectivity index (χ0v) is 18.5. The summed E-state index contributed by atoms with van der Waals surface area (Å²) in [6.07, 6.45) is 1.32. The van der Waals surface area contributed by atoms with Crippen LogP contribution in [0.1, 0.15) is 11.1 Å². The molecule has 0 N–H and O–H groups in total. The van der Waals surface area contributed by atoms with Gasteiger partial charge in [-0.2, -0.15) is 0 Å². The predicted octanol–water partition coefficient (Wildman–Crippen LogP) is 5.02. The van der Waals surface area contributed by atoms with Crippen molar-refractivity contribution in [2.24, 2.45) is 0 Å². The van der Waals surface area contributed by atoms with Gasteiger partial charge in [0, 0.05) is 18.2 Å². The Hall–Kier alpha value is -4.00. The van der Waals surface area contributed by atoms with Gasteiger partial charge in [0.25, 0.3) is 0 Å². The summed E-state index contributed by atoms with van der Waals surface area (Å²) in [6, 6.07) is 20.7. The van der Waals surface area contributed by atoms with Crippen LogP contribution in [0.4, 0.5) is 4.39 Å². The third-order valence-electron chi connectivity index (χ3n) is 4.55. The number of benzene rings is 3. The molecule has 3 rings (SSSR count). The number of hydrogen-bond donors (Lipinski definition) is 0. The van der Waals surface area contributed by atoms with Gasteiger partial charge in [0.1, 0.15) is 48.5 Å². The lowest BCUT2D eigenvalue weighted by molar-refractivity contribution is -0.133. The minimum atomic E-state index is -0.538. The normalized spacial score (nSPS) is 10.9. The molecular weight excluding hydrogens is 427 g/mol. The largest absolute Gasteiger partial charge is 0.503 e. The number of hydrogen-bond acceptors (Lipinski definition) is 6. The molecule has 0 aromatic heterocycles. The third-order valence-corrected chi connectivity index (χ3v) is 4.55. The van der Waals surface area contributed by atoms with Gasteiger partial charge in [0.15, 0.2) is 0 Å². The minimum absolute atomic E-state index is 0.0915. The van der Waals surface area contributed by atoms with Crippen molar-refractivity contribution in [3.8, 4) is 17.2 Å². The monoisotopic (exact) mass is 452 g/mol. The predicted molar refractivity (Wildman–Crippen MR) is 122 cm³/mol. The Morgan fingerprint density at radius 2 is 1.45 bits per heavy atom. The zero-order chi connectivity index (χ0) is 23.5. The smallest absolute Gasteiger partial charge is 0.341 e. The average Bonchev–Trinajstić information content (AvgIpc) is 2.84. The molecule has 6 nitrogen and oxygen atoms in total. The first-order valence-corrected chi connectivity index (χ1v) is 10.2. The van der Waals surface area contributed by atoms with Gasteiger partial charge in [-0.25, -0.2) is 9.18 Å². The van der Waals surface area contributed by atoms with Gasteiger partial charge in [-0.3, -0.25) is 0 Å². The number of esters is 1. The average molecular weight is 452 g/mol. The van der Waals surface area contributed by atoms with E-state index in [-0.39, 0.29) is 18.8 Å². The molecule has 0 saturated carbocycles. The molecule has 3 aromatic carbocycles. The summed E-state index contributed by atoms with van der Waals surface area (Å²) in [6.45, 7) is 0.644. The molecule has 0 amide bonds. The van der Waals surface area contributed by atoms with Gasteiger partial charge in [-0.1, -0.05) is 42.5 Å². The highest BCUT2D eigenvalue weighted by Crippen LogP contribution is 2.26. The Bertz CT molecular complexity index is 1080. The van der Waals surface area contributed by atoms with Gasteiger partial charge >= 0.3 is 5.97 Å². The highest BCUT2D eigenvalue weighted by Gasteiger charge is 2.17. The lowest BCUT2D eigenvalue weighted by Crippen LogP contribution is -2.09. The summed E-state index contributed by atoms with van der Waals surface area (Å²) in [5.74, 6) is 0.318. The summed E-state index contributed by atoms with van der Waals surface area (Å²) in [5, 5.41) is 0. The SMILES string of the molecule is CO/C=C(/C(=O)OC)c1ccccc1COc1cc(F)cc(OCCOc2ccccc2)c1. The highest BCUT2D eigenvalue weighted by atomic mass is 19.1. The molecule has 172 valence electrons. The Balaban J connectivity index is 1.64. The Morgan fingerprint density at radius 3 is 2.15 bits per heavy atom. The molecule has 3 aromatic rings. The second-order valence-corrected chi connectivity index (χ2v) is 6.84. The van der Waals surface area contributed by atoms with Gasteiger partial charge in [-0.15, -0.1) is 0 Å². The van der Waals surface area contributed by atoms with Crippen LogP contribution in [0.15, 0.2) is 79.1 Å². The van der Waals surface area contributed by atoms with Crippen molar-refractivity contribution < 1.29 is 32.9 Å². The van der Waals surface area contributed by atoms with E-state index in [1.807, 2.05) is 36.4 Å². The first kappa shape index (κ1) is 23.7. The number of carbonyl (C=O) groups is 1. The molecule has 0 saturated heterocycles. The van der Waals surface area contributed by atoms with E-state index in [1.54, 1.807) is 24.3 Å². The minimum Gasteiger partial charge on any atom is -0.503 e. The standard InChI is InChI=1S/C26H25FO6/c1-29-18-25(26(28)30-2)24-11-7-6-8-19(24)17-33-23-15-20(27)14-22(16-23)32-13-12-31-21-9-4-3-5-10-21/h3-11,14-16,18H,12-13,17H2,1-2H3/b25-18+. The van der Waals surface area contributed by atoms with Crippen LogP contribution in [-0.2, 0) is 20.9 Å². The summed E-state index contributed by atoms with van der Waals surface area (Å²) >= 11 is 0. The number of para-hydroxylation sites is 1. The molecule has 0 fully saturated rings. The fourth-order valence-corrected chi connectivity index (χ4v) is 3.06. The topological polar surface area (TPSA) is 63.2 Å². The van der Waals surface area contributed by atoms with Crippen LogP contribution >= 0.6 is 0 Å². The van der Waals surface area contributed by atoms with Crippen LogP contribution in [0.2, 0.25) is 0 Å². The van der Waals surface area contributed by atoms with Crippen molar-refractivity contribution in [3.63, 3.8) is 0 Å². The maximum atomic E-state index is 14.1. The molecule has 0 aliphatic heterocycles. The van der Waals surface area contributed by atoms with Crippen LogP contribution in [0.25, 0.3) is 5.57 Å². The fourth-order valence-electron chi connectivity index (χ4n) is 3.06. The van der Waals surface area contributed by atoms with Crippen molar-refractivity contribution >= 4 is 11.5 Å². The molecular formula is C26H25FO6. The van der Waals surface area contributed by atoms with Crippen LogP contribution in [0.5, 0.6) is 17.2 Å². The molecule has 0 radical (unpaired) electrons. The van der Waals surface area contributed by atoms with Crippen molar-refractivity contribution in [3.05, 3.63) is 96.0 Å². The van der Waals surface area contributed by atoms with E-state index >= 15 is 0 Å². The van der Waals surface area contributed by atoms with E-state index in [4.69, 9.17) is 23.7 Å². The molecule has 0 unspecified atom stereocenters. The van der Waals surface area contributed by atoms with Gasteiger partial charge < -0.3 is 23.7 Å². The molecule has 0 bridgehead atoms. The summed E-state index contributed by atoms with van der Waals surface area (Å²) in [5.41, 5.74) is 1.55. The van der Waals surface area contributed by atoms with Crippen molar-refractivity contribution in [1.82, 2.24) is 0 Å². The maximum absolute atomic E-state index is 14.1. The Labute approximate surface area is 192 Å². The van der Waals surface area contributed by atoms with Crippen LogP contribution < -0.4 is 14.2 Å². The number of ether oxygens (including phenoxy) is 5. The molecule has 0 heterocycles. The van der Waals surface area contributed by atoms with E-state index < -0.39 is 11.8 Å². The van der Waals surface area contributed by atoms with E-state index in [9.17, 15) is 9.18 Å². The Kier molecular flexibility index (Phi) is 8.71. The number of methoxy groups -OCH3 is 2. The van der Waals surface area contributed by atoms with Crippen molar-refractivity contribution in [2.45, 2.75) is 6.61 Å². The molecule has 0 aliphatic carbocycles. The lowest BCUT2D eigenvalue weighted by Gasteiger charge is -2.14. The first-order chi connectivity index (χ1) is 16.1. The molecule has 0 spiro atoms. The van der Waals surface area contributed by atoms with Crippen LogP contribution in [-0.4, -0.2) is 33.4 Å². The first-order valence-electron chi connectivity index (χ1n) is 10.2. The molecule has 0 atom stereocenters. The van der Waals surface area contributed by atoms with E-state index in [0.29, 0.717) is 29.2 Å². The maximum Gasteiger partial charge on any atom is 0.341 e. The third kappa shape index (κ3) is 7.00. The quantitative estimate of drug-likeness (QED) is 0.176. The van der Waals surface area contributed by atoms with Crippen molar-refractivity contribution in [1.29, 1.82) is 0 Å². The second kappa shape index (κ2) is 12.1. The van der Waals surface area contributed by atoms with Gasteiger partial charge in [-0.05, 0) is 23.3 Å². The van der Waals surface area contributed by atoms with E-state index in [0.717, 1.165) is 5.75 Å². The summed E-state index contributed by atoms with van der Waals surface area (Å²) < 4.78 is 41.0. The molecule has 0 aliphatic rings. The van der Waals surface area contributed by atoms with Gasteiger partial charge in [0.2, 0.25) is 0 Å². The lowest BCUT2D eigenvalue weighted by atomic mass is 10.0. The second-order valence-electron chi connectivity index (χ2n) is 6.84. The number of rotatable bonds is 11. The van der Waals surface area contributed by atoms with E-state index in [2.05, 4.69) is 0 Å². The number of carbonyl (C=O) groups excluding carboxylic acids is 1. The molecule has 33 heavy (non-hydrogen) atoms. The highest BCUT2D eigenvalue weighted by molar-refractivity contribution is 6.16. The number of halogens is 1.